The minimum atomic E-state index is -3.91. The van der Waals surface area contributed by atoms with Crippen molar-refractivity contribution in [3.8, 4) is 6.07 Å². The minimum Gasteiger partial charge on any atom is -0.463 e. The van der Waals surface area contributed by atoms with Gasteiger partial charge in [0.05, 0.1) is 69.7 Å². The Morgan fingerprint density at radius 2 is 0.803 bits per heavy atom. The van der Waals surface area contributed by atoms with Gasteiger partial charge in [-0.2, -0.15) is 5.26 Å². The molecule has 0 aliphatic carbocycles. The molecule has 0 bridgehead atoms. The van der Waals surface area contributed by atoms with Crippen molar-refractivity contribution < 1.29 is 148 Å². The summed E-state index contributed by atoms with van der Waals surface area (Å²) in [6.07, 6.45) is 8.02. The second kappa shape index (κ2) is 71.3. The molecule has 4 heterocycles. The monoisotopic (exact) mass is 1990 g/mol. The number of esters is 6. The number of nitrogens with one attached hydrogen (secondary N) is 4. The van der Waals surface area contributed by atoms with E-state index in [2.05, 4.69) is 76.4 Å². The molecule has 22 unspecified atom stereocenters. The third-order valence-electron chi connectivity index (χ3n) is 20.7. The van der Waals surface area contributed by atoms with Crippen molar-refractivity contribution in [1.29, 1.82) is 5.26 Å². The number of benzene rings is 1. The third-order valence-corrected chi connectivity index (χ3v) is 28.8. The van der Waals surface area contributed by atoms with Crippen LogP contribution in [0.2, 0.25) is 0 Å². The molecule has 22 atom stereocenters. The van der Waals surface area contributed by atoms with Crippen LogP contribution in [0.3, 0.4) is 0 Å². The number of aliphatic hydroxyl groups is 4. The lowest BCUT2D eigenvalue weighted by Crippen LogP contribution is -2.63. The molecule has 5 rings (SSSR count). The maximum absolute atomic E-state index is 12.0. The summed E-state index contributed by atoms with van der Waals surface area (Å²) in [6, 6.07) is 11.0. The largest absolute Gasteiger partial charge is 0.471 e. The van der Waals surface area contributed by atoms with Crippen molar-refractivity contribution >= 4 is 123 Å². The molecular weight excluding hydrogens is 1840 g/mol. The number of amides is 4. The Morgan fingerprint density at radius 1 is 0.470 bits per heavy atom. The first-order valence-electron chi connectivity index (χ1n) is 45.2. The van der Waals surface area contributed by atoms with E-state index in [1.165, 1.54) is 86.6 Å². The molecule has 0 spiro atoms. The van der Waals surface area contributed by atoms with E-state index < -0.39 is 125 Å². The first kappa shape index (κ1) is 125. The average molecular weight is 2000 g/mol. The number of hydrogen-bond acceptors (Lipinski definition) is 36. The minimum absolute atomic E-state index is 0. The number of unbranched alkanes of at least 4 members (excludes halogenated alkanes) is 12. The van der Waals surface area contributed by atoms with Crippen molar-refractivity contribution in [2.24, 2.45) is 17.8 Å². The van der Waals surface area contributed by atoms with Crippen LogP contribution in [0.1, 0.15) is 240 Å². The van der Waals surface area contributed by atoms with Gasteiger partial charge in [0.2, 0.25) is 23.6 Å². The number of rotatable bonds is 56. The Labute approximate surface area is 800 Å². The standard InChI is InChI=1S/C28H50N3O8PS.C26H39NO7S.C19H33NO7S.C15H30NO9PS.CH4/c1-19(2)31(20(3)4)40(37-16-13-14-29)36-15-11-9-10-12-17-41-28-26(30-22(6)32)21(5)27(38-24(8)34)25(39-28)18-35-23(7)33;1-18-24(27-19(2)28)26(34-23(17-32-20(3)29)25(18)33-21(4)30)35-15-11-6-5-10-14-31-16-22-12-8-7-9-13-22;1-12-17(20-13(2)22)19(28-10-8-6-5-7-9-21)27-16(11-25-14(3)23)18(12)26-15(4)24;1-10(18)16-12-14(20)13(19)11(9-17)25-15(12)27-8-6-4-3-5-7-24-26(21,22)23-2;/h19-21,25-28H,9-13,15-18H2,1-8H3,(H,30,32);7-9,12-13,18,23-26H,5-6,10-11,14-17H2,1-4H3,(H,27,28);12,16-19,21H,5-11H2,1-4H3,(H,20,22);11-15,17,19-20H,3-9H2,1-2H3,(H,16,18)(H,21,22);1H4. The maximum atomic E-state index is 12.0. The number of aliphatic hydroxyl groups excluding tert-OH is 4. The highest BCUT2D eigenvalue weighted by atomic mass is 32.2. The highest BCUT2D eigenvalue weighted by Crippen LogP contribution is 2.47. The molecule has 4 saturated heterocycles. The first-order chi connectivity index (χ1) is 62.1. The van der Waals surface area contributed by atoms with E-state index >= 15 is 0 Å². The van der Waals surface area contributed by atoms with Crippen LogP contribution in [0.5, 0.6) is 0 Å². The molecule has 132 heavy (non-hydrogen) atoms. The number of nitrogens with zero attached hydrogens (tertiary/aromatic N) is 2. The molecule has 4 aliphatic rings. The summed E-state index contributed by atoms with van der Waals surface area (Å²) >= 11 is 6.20. The van der Waals surface area contributed by atoms with Gasteiger partial charge in [0.25, 0.3) is 8.53 Å². The summed E-state index contributed by atoms with van der Waals surface area (Å²) < 4.78 is 96.3. The van der Waals surface area contributed by atoms with E-state index in [0.29, 0.717) is 38.4 Å². The number of nitriles is 1. The zero-order chi connectivity index (χ0) is 98.1. The smallest absolute Gasteiger partial charge is 0.463 e. The lowest BCUT2D eigenvalue weighted by atomic mass is 9.89. The van der Waals surface area contributed by atoms with E-state index in [0.717, 1.165) is 127 Å². The van der Waals surface area contributed by atoms with Gasteiger partial charge in [-0.3, -0.25) is 57.0 Å². The van der Waals surface area contributed by atoms with Crippen molar-refractivity contribution in [2.45, 2.75) is 354 Å². The number of carbonyl (C=O) groups excluding carboxylic acids is 10. The molecule has 1 aromatic carbocycles. The van der Waals surface area contributed by atoms with Gasteiger partial charge in [0.15, 0.2) is 0 Å². The Bertz CT molecular complexity index is 3510. The molecule has 9 N–H and O–H groups in total. The van der Waals surface area contributed by atoms with E-state index in [1.54, 1.807) is 35.3 Å². The Morgan fingerprint density at radius 3 is 1.14 bits per heavy atom. The van der Waals surface area contributed by atoms with Crippen LogP contribution in [0.4, 0.5) is 0 Å². The second-order valence-electron chi connectivity index (χ2n) is 32.7. The Kier molecular flexibility index (Phi) is 67.5. The predicted octanol–water partition coefficient (Wildman–Crippen LogP) is 11.0. The number of carbonyl (C=O) groups is 10. The van der Waals surface area contributed by atoms with Crippen molar-refractivity contribution in [2.75, 3.05) is 89.6 Å². The van der Waals surface area contributed by atoms with E-state index in [4.69, 9.17) is 80.9 Å². The van der Waals surface area contributed by atoms with Gasteiger partial charge in [-0.25, -0.2) is 9.24 Å². The van der Waals surface area contributed by atoms with Gasteiger partial charge in [0, 0.05) is 119 Å². The summed E-state index contributed by atoms with van der Waals surface area (Å²) in [7, 11) is -4.03. The van der Waals surface area contributed by atoms with Crippen LogP contribution in [0.25, 0.3) is 0 Å². The van der Waals surface area contributed by atoms with Gasteiger partial charge >= 0.3 is 43.6 Å². The number of phosphoric acid groups is 1. The molecule has 4 fully saturated rings. The van der Waals surface area contributed by atoms with Crippen molar-refractivity contribution in [3.63, 3.8) is 0 Å². The lowest BCUT2D eigenvalue weighted by Gasteiger charge is -2.44. The zero-order valence-electron chi connectivity index (χ0n) is 79.8. The van der Waals surface area contributed by atoms with E-state index in [1.807, 2.05) is 39.0 Å². The highest BCUT2D eigenvalue weighted by Gasteiger charge is 2.51. The molecule has 0 radical (unpaired) electrons. The van der Waals surface area contributed by atoms with Gasteiger partial charge in [-0.15, -0.1) is 47.0 Å². The van der Waals surface area contributed by atoms with Crippen LogP contribution in [0, 0.1) is 29.1 Å². The van der Waals surface area contributed by atoms with E-state index in [-0.39, 0.29) is 128 Å². The topological polar surface area (TPSA) is 503 Å². The summed E-state index contributed by atoms with van der Waals surface area (Å²) in [5.74, 6) is -1.05. The van der Waals surface area contributed by atoms with Crippen LogP contribution >= 0.6 is 63.4 Å². The fourth-order valence-corrected chi connectivity index (χ4v) is 21.8. The molecule has 43 heteroatoms. The molecule has 4 amide bonds. The maximum Gasteiger partial charge on any atom is 0.471 e. The fraction of sp³-hybridized carbons (Fsp3) is 0.809. The molecule has 37 nitrogen and oxygen atoms in total. The summed E-state index contributed by atoms with van der Waals surface area (Å²) in [5, 5.41) is 58.6. The molecule has 0 saturated carbocycles. The van der Waals surface area contributed by atoms with Gasteiger partial charge in [-0.1, -0.05) is 110 Å². The lowest BCUT2D eigenvalue weighted by molar-refractivity contribution is -0.188. The molecule has 0 aromatic heterocycles. The normalized spacial score (nSPS) is 25.6. The third kappa shape index (κ3) is 52.6. The first-order valence-corrected chi connectivity index (χ1v) is 52.0. The van der Waals surface area contributed by atoms with Crippen LogP contribution < -0.4 is 21.3 Å². The predicted molar refractivity (Wildman–Crippen MR) is 506 cm³/mol. The molecule has 762 valence electrons. The summed E-state index contributed by atoms with van der Waals surface area (Å²) in [5.41, 5.74) is -0.464. The van der Waals surface area contributed by atoms with E-state index in [9.17, 15) is 67.8 Å². The number of hydrogen-bond donors (Lipinski definition) is 9. The quantitative estimate of drug-likeness (QED) is 0.0127. The Hall–Kier alpha value is -5.13. The number of ether oxygens (including phenoxy) is 11. The van der Waals surface area contributed by atoms with Crippen LogP contribution in [-0.2, 0) is 129 Å². The van der Waals surface area contributed by atoms with Gasteiger partial charge in [0.1, 0.15) is 96.5 Å². The zero-order valence-corrected chi connectivity index (χ0v) is 84.8. The number of phosphoric ester groups is 1. The highest BCUT2D eigenvalue weighted by molar-refractivity contribution is 8.00. The van der Waals surface area contributed by atoms with Crippen molar-refractivity contribution in [3.05, 3.63) is 35.9 Å². The molecule has 4 aliphatic heterocycles. The molecular formula is C89H156N6O31P2S4. The SMILES string of the molecule is C.CC(=O)NC1C(SCCCCCCO)OC(COC(C)=O)C(OC(C)=O)C1C.CC(=O)NC1C(SCCCCCCOCc2ccccc2)OC(COC(C)=O)C(OC(C)=O)C1C.CC(=O)NC1C(SCCCCCCOP(OCCC#N)N(C(C)C)C(C)C)OC(COC(C)=O)C(OC(C)=O)C1C.COP(=O)(O)OCCCCCCSC1OC(CO)C(O)C(O)C1NC(C)=O. The number of thioether (sulfide) groups is 4. The summed E-state index contributed by atoms with van der Waals surface area (Å²) in [6.45, 7) is 29.9. The van der Waals surface area contributed by atoms with Crippen molar-refractivity contribution in [1.82, 2.24) is 25.9 Å². The molecule has 1 aromatic rings. The van der Waals surface area contributed by atoms with Gasteiger partial charge < -0.3 is 108 Å². The van der Waals surface area contributed by atoms with Crippen LogP contribution in [0.15, 0.2) is 30.3 Å². The Balaban J connectivity index is 0.000000890. The fourth-order valence-electron chi connectivity index (χ4n) is 14.4. The summed E-state index contributed by atoms with van der Waals surface area (Å²) in [4.78, 5) is 125. The van der Waals surface area contributed by atoms with Gasteiger partial charge in [-0.05, 0) is 108 Å². The van der Waals surface area contributed by atoms with Crippen LogP contribution in [-0.4, -0.2) is 292 Å². The average Bonchev–Trinajstić information content (AvgIpc) is 1.66. The second-order valence-corrected chi connectivity index (χ2v) is 40.6.